The largest absolute Gasteiger partial charge is 0.390 e. The van der Waals surface area contributed by atoms with E-state index in [1.165, 1.54) is 38.8 Å². The van der Waals surface area contributed by atoms with Gasteiger partial charge in [-0.15, -0.1) is 0 Å². The van der Waals surface area contributed by atoms with E-state index in [9.17, 15) is 5.11 Å². The Morgan fingerprint density at radius 2 is 1.94 bits per heavy atom. The van der Waals surface area contributed by atoms with E-state index in [1.807, 2.05) is 0 Å². The smallest absolute Gasteiger partial charge is 0.0791 e. The van der Waals surface area contributed by atoms with Gasteiger partial charge in [0.1, 0.15) is 0 Å². The number of nitrogens with zero attached hydrogens (tertiary/aromatic N) is 1. The number of nitrogens with one attached hydrogen (secondary N) is 1. The average Bonchev–Trinajstić information content (AvgIpc) is 2.76. The van der Waals surface area contributed by atoms with Crippen LogP contribution in [0.5, 0.6) is 0 Å². The van der Waals surface area contributed by atoms with Crippen LogP contribution < -0.4 is 5.32 Å². The Hall–Kier alpha value is -0.120. The van der Waals surface area contributed by atoms with Crippen LogP contribution in [0.4, 0.5) is 0 Å². The quantitative estimate of drug-likeness (QED) is 0.662. The fraction of sp³-hybridized carbons (Fsp3) is 1.00. The second kappa shape index (κ2) is 8.04. The lowest BCUT2D eigenvalue weighted by atomic mass is 10.1. The molecule has 0 aromatic heterocycles. The van der Waals surface area contributed by atoms with Gasteiger partial charge < -0.3 is 15.3 Å². The van der Waals surface area contributed by atoms with Gasteiger partial charge in [-0.25, -0.2) is 0 Å². The van der Waals surface area contributed by atoms with Gasteiger partial charge in [0.2, 0.25) is 0 Å². The van der Waals surface area contributed by atoms with Gasteiger partial charge in [-0.1, -0.05) is 20.3 Å². The molecule has 2 N–H and O–H groups in total. The predicted molar refractivity (Wildman–Crippen MR) is 68.7 cm³/mol. The number of aliphatic hydroxyl groups is 1. The molecule has 1 rings (SSSR count). The summed E-state index contributed by atoms with van der Waals surface area (Å²) in [4.78, 5) is 2.37. The number of rotatable bonds is 8. The lowest BCUT2D eigenvalue weighted by Crippen LogP contribution is -2.40. The molecule has 2 atom stereocenters. The highest BCUT2D eigenvalue weighted by atomic mass is 16.3. The summed E-state index contributed by atoms with van der Waals surface area (Å²) in [5.74, 6) is 0. The van der Waals surface area contributed by atoms with Crippen LogP contribution in [-0.2, 0) is 0 Å². The minimum absolute atomic E-state index is 0.205. The Bertz CT molecular complexity index is 169. The first-order valence-corrected chi connectivity index (χ1v) is 6.90. The molecule has 0 spiro atoms. The molecule has 0 aromatic carbocycles. The molecule has 0 aliphatic carbocycles. The van der Waals surface area contributed by atoms with E-state index in [0.29, 0.717) is 6.04 Å². The summed E-state index contributed by atoms with van der Waals surface area (Å²) in [6.45, 7) is 8.35. The molecular weight excluding hydrogens is 200 g/mol. The first-order valence-electron chi connectivity index (χ1n) is 6.90. The maximum atomic E-state index is 9.92. The van der Waals surface area contributed by atoms with Gasteiger partial charge in [-0.2, -0.15) is 0 Å². The van der Waals surface area contributed by atoms with E-state index in [4.69, 9.17) is 0 Å². The fourth-order valence-corrected chi connectivity index (χ4v) is 2.43. The Kier molecular flexibility index (Phi) is 7.01. The van der Waals surface area contributed by atoms with Crippen molar-refractivity contribution in [1.82, 2.24) is 10.2 Å². The lowest BCUT2D eigenvalue weighted by Gasteiger charge is -2.22. The highest BCUT2D eigenvalue weighted by molar-refractivity contribution is 4.73. The second-order valence-corrected chi connectivity index (χ2v) is 4.96. The van der Waals surface area contributed by atoms with Crippen molar-refractivity contribution >= 4 is 0 Å². The lowest BCUT2D eigenvalue weighted by molar-refractivity contribution is 0.119. The third kappa shape index (κ3) is 5.28. The average molecular weight is 228 g/mol. The molecule has 1 aliphatic heterocycles. The van der Waals surface area contributed by atoms with E-state index in [1.54, 1.807) is 0 Å². The maximum absolute atomic E-state index is 9.92. The Morgan fingerprint density at radius 1 is 1.25 bits per heavy atom. The van der Waals surface area contributed by atoms with Crippen LogP contribution in [-0.4, -0.2) is 48.3 Å². The van der Waals surface area contributed by atoms with Crippen molar-refractivity contribution in [2.75, 3.05) is 26.2 Å². The third-order valence-electron chi connectivity index (χ3n) is 3.44. The van der Waals surface area contributed by atoms with Crippen molar-refractivity contribution in [3.8, 4) is 0 Å². The number of aliphatic hydroxyl groups excluding tert-OH is 1. The molecule has 0 saturated carbocycles. The summed E-state index contributed by atoms with van der Waals surface area (Å²) in [6.07, 6.45) is 5.98. The molecule has 3 nitrogen and oxygen atoms in total. The summed E-state index contributed by atoms with van der Waals surface area (Å²) < 4.78 is 0. The van der Waals surface area contributed by atoms with Crippen molar-refractivity contribution in [2.24, 2.45) is 0 Å². The minimum atomic E-state index is -0.205. The zero-order valence-electron chi connectivity index (χ0n) is 10.9. The third-order valence-corrected chi connectivity index (χ3v) is 3.44. The fourth-order valence-electron chi connectivity index (χ4n) is 2.43. The molecule has 2 unspecified atom stereocenters. The molecule has 3 heteroatoms. The molecule has 1 saturated heterocycles. The monoisotopic (exact) mass is 228 g/mol. The van der Waals surface area contributed by atoms with E-state index < -0.39 is 0 Å². The number of hydrogen-bond acceptors (Lipinski definition) is 3. The summed E-state index contributed by atoms with van der Waals surface area (Å²) in [6, 6.07) is 0.582. The van der Waals surface area contributed by atoms with Crippen LogP contribution in [0.3, 0.4) is 0 Å². The van der Waals surface area contributed by atoms with Crippen molar-refractivity contribution in [1.29, 1.82) is 0 Å². The van der Waals surface area contributed by atoms with Crippen molar-refractivity contribution in [2.45, 2.75) is 58.1 Å². The van der Waals surface area contributed by atoms with Gasteiger partial charge in [-0.3, -0.25) is 0 Å². The van der Waals surface area contributed by atoms with Crippen molar-refractivity contribution in [3.63, 3.8) is 0 Å². The summed E-state index contributed by atoms with van der Waals surface area (Å²) in [5, 5.41) is 13.4. The summed E-state index contributed by atoms with van der Waals surface area (Å²) in [7, 11) is 0. The van der Waals surface area contributed by atoms with E-state index in [0.717, 1.165) is 19.5 Å². The topological polar surface area (TPSA) is 35.5 Å². The van der Waals surface area contributed by atoms with E-state index >= 15 is 0 Å². The second-order valence-electron chi connectivity index (χ2n) is 4.96. The molecule has 0 aromatic rings. The van der Waals surface area contributed by atoms with Crippen LogP contribution in [0.2, 0.25) is 0 Å². The normalized spacial score (nSPS) is 21.2. The highest BCUT2D eigenvalue weighted by Gasteiger charge is 2.16. The number of hydrogen-bond donors (Lipinski definition) is 2. The van der Waals surface area contributed by atoms with Gasteiger partial charge in [-0.05, 0) is 38.8 Å². The van der Waals surface area contributed by atoms with Crippen LogP contribution in [0.15, 0.2) is 0 Å². The molecular formula is C13H28N2O. The van der Waals surface area contributed by atoms with Gasteiger partial charge in [0, 0.05) is 19.1 Å². The van der Waals surface area contributed by atoms with E-state index in [-0.39, 0.29) is 6.10 Å². The molecule has 0 radical (unpaired) electrons. The first kappa shape index (κ1) is 13.9. The standard InChI is InChI=1S/C13H28N2O/c1-3-7-12(4-2)14-10-13(16)11-15-8-5-6-9-15/h12-14,16H,3-11H2,1-2H3. The Balaban J connectivity index is 2.10. The van der Waals surface area contributed by atoms with Crippen LogP contribution in [0, 0.1) is 0 Å². The van der Waals surface area contributed by atoms with Crippen molar-refractivity contribution in [3.05, 3.63) is 0 Å². The summed E-state index contributed by atoms with van der Waals surface area (Å²) >= 11 is 0. The number of β-amino-alcohol motifs (C(OH)–C–C–N with tert-alkyl or cyclic N) is 1. The maximum Gasteiger partial charge on any atom is 0.0791 e. The zero-order valence-corrected chi connectivity index (χ0v) is 10.9. The van der Waals surface area contributed by atoms with Gasteiger partial charge in [0.25, 0.3) is 0 Å². The molecule has 16 heavy (non-hydrogen) atoms. The van der Waals surface area contributed by atoms with Crippen LogP contribution in [0.25, 0.3) is 0 Å². The molecule has 1 aliphatic rings. The molecule has 0 amide bonds. The Morgan fingerprint density at radius 3 is 2.50 bits per heavy atom. The Labute approximate surface area is 100 Å². The van der Waals surface area contributed by atoms with Gasteiger partial charge in [0.05, 0.1) is 6.10 Å². The van der Waals surface area contributed by atoms with Crippen LogP contribution >= 0.6 is 0 Å². The summed E-state index contributed by atoms with van der Waals surface area (Å²) in [5.41, 5.74) is 0. The zero-order chi connectivity index (χ0) is 11.8. The SMILES string of the molecule is CCCC(CC)NCC(O)CN1CCCC1. The van der Waals surface area contributed by atoms with Crippen LogP contribution in [0.1, 0.15) is 46.0 Å². The number of likely N-dealkylation sites (tertiary alicyclic amines) is 1. The highest BCUT2D eigenvalue weighted by Crippen LogP contribution is 2.07. The van der Waals surface area contributed by atoms with Crippen molar-refractivity contribution < 1.29 is 5.11 Å². The molecule has 0 bridgehead atoms. The van der Waals surface area contributed by atoms with E-state index in [2.05, 4.69) is 24.1 Å². The molecule has 1 heterocycles. The molecule has 96 valence electrons. The predicted octanol–water partition coefficient (Wildman–Crippen LogP) is 1.61. The first-order chi connectivity index (χ1) is 7.76. The minimum Gasteiger partial charge on any atom is -0.390 e. The van der Waals surface area contributed by atoms with Gasteiger partial charge in [0.15, 0.2) is 0 Å². The van der Waals surface area contributed by atoms with Gasteiger partial charge >= 0.3 is 0 Å². The molecule has 1 fully saturated rings.